The zero-order valence-electron chi connectivity index (χ0n) is 13.5. The van der Waals surface area contributed by atoms with E-state index >= 15 is 0 Å². The molecule has 3 atom stereocenters. The molecule has 1 N–H and O–H groups in total. The Balaban J connectivity index is 1.77. The lowest BCUT2D eigenvalue weighted by atomic mass is 9.76. The number of nitrogens with one attached hydrogen (secondary N) is 1. The third kappa shape index (κ3) is 2.39. The van der Waals surface area contributed by atoms with Crippen molar-refractivity contribution in [2.75, 3.05) is 5.32 Å². The van der Waals surface area contributed by atoms with Gasteiger partial charge in [0.15, 0.2) is 5.78 Å². The van der Waals surface area contributed by atoms with Crippen LogP contribution < -0.4 is 5.32 Å². The standard InChI is InChI=1S/C21H21NO/c1-13-6-8-15(9-7-13)21-18-5-3-4-17(18)19-12-16(14(2)23)10-11-20(19)22-21/h3-4,6-12,17-18,21-22H,5H2,1-2H3/t17-,18+,21+/m0/s1. The average molecular weight is 303 g/mol. The first-order valence-corrected chi connectivity index (χ1v) is 8.28. The molecule has 2 nitrogen and oxygen atoms in total. The Morgan fingerprint density at radius 3 is 2.65 bits per heavy atom. The van der Waals surface area contributed by atoms with E-state index in [0.717, 1.165) is 17.7 Å². The number of hydrogen-bond acceptors (Lipinski definition) is 2. The number of carbonyl (C=O) groups excluding carboxylic acids is 1. The van der Waals surface area contributed by atoms with Gasteiger partial charge in [-0.25, -0.2) is 0 Å². The molecule has 1 aliphatic carbocycles. The van der Waals surface area contributed by atoms with Crippen LogP contribution in [0, 0.1) is 12.8 Å². The highest BCUT2D eigenvalue weighted by molar-refractivity contribution is 5.95. The first-order valence-electron chi connectivity index (χ1n) is 8.28. The van der Waals surface area contributed by atoms with Crippen LogP contribution in [0.2, 0.25) is 0 Å². The number of fused-ring (bicyclic) bond motifs is 3. The highest BCUT2D eigenvalue weighted by Crippen LogP contribution is 2.49. The fraction of sp³-hybridized carbons (Fsp3) is 0.286. The van der Waals surface area contributed by atoms with Crippen LogP contribution in [0.4, 0.5) is 5.69 Å². The largest absolute Gasteiger partial charge is 0.378 e. The van der Waals surface area contributed by atoms with Crippen LogP contribution in [0.1, 0.15) is 52.4 Å². The molecule has 0 radical (unpaired) electrons. The van der Waals surface area contributed by atoms with Gasteiger partial charge in [0.25, 0.3) is 0 Å². The van der Waals surface area contributed by atoms with E-state index in [2.05, 4.69) is 60.8 Å². The van der Waals surface area contributed by atoms with Crippen molar-refractivity contribution in [2.24, 2.45) is 5.92 Å². The van der Waals surface area contributed by atoms with Gasteiger partial charge in [0.05, 0.1) is 6.04 Å². The number of carbonyl (C=O) groups is 1. The molecular formula is C21H21NO. The summed E-state index contributed by atoms with van der Waals surface area (Å²) in [5, 5.41) is 3.72. The summed E-state index contributed by atoms with van der Waals surface area (Å²) in [5.41, 5.74) is 5.86. The van der Waals surface area contributed by atoms with Crippen LogP contribution in [0.25, 0.3) is 0 Å². The first-order chi connectivity index (χ1) is 11.1. The van der Waals surface area contributed by atoms with Crippen molar-refractivity contribution in [3.8, 4) is 0 Å². The molecule has 0 saturated carbocycles. The fourth-order valence-corrected chi connectivity index (χ4v) is 3.92. The summed E-state index contributed by atoms with van der Waals surface area (Å²) >= 11 is 0. The second kappa shape index (κ2) is 5.38. The van der Waals surface area contributed by atoms with E-state index in [1.807, 2.05) is 6.07 Å². The summed E-state index contributed by atoms with van der Waals surface area (Å²) in [6, 6.07) is 15.2. The van der Waals surface area contributed by atoms with Gasteiger partial charge < -0.3 is 5.32 Å². The molecule has 0 bridgehead atoms. The highest BCUT2D eigenvalue weighted by atomic mass is 16.1. The van der Waals surface area contributed by atoms with Crippen LogP contribution in [-0.4, -0.2) is 5.78 Å². The average Bonchev–Trinajstić information content (AvgIpc) is 3.04. The summed E-state index contributed by atoms with van der Waals surface area (Å²) in [5.74, 6) is 1.05. The maximum Gasteiger partial charge on any atom is 0.159 e. The topological polar surface area (TPSA) is 29.1 Å². The maximum absolute atomic E-state index is 11.7. The van der Waals surface area contributed by atoms with Crippen molar-refractivity contribution < 1.29 is 4.79 Å². The maximum atomic E-state index is 11.7. The lowest BCUT2D eigenvalue weighted by Gasteiger charge is -2.37. The highest BCUT2D eigenvalue weighted by Gasteiger charge is 2.37. The molecule has 4 rings (SSSR count). The predicted molar refractivity (Wildman–Crippen MR) is 94.0 cm³/mol. The Kier molecular flexibility index (Phi) is 3.33. The molecule has 1 heterocycles. The van der Waals surface area contributed by atoms with Gasteiger partial charge >= 0.3 is 0 Å². The van der Waals surface area contributed by atoms with E-state index < -0.39 is 0 Å². The molecular weight excluding hydrogens is 282 g/mol. The van der Waals surface area contributed by atoms with Gasteiger partial charge in [-0.1, -0.05) is 42.0 Å². The molecule has 0 aromatic heterocycles. The summed E-state index contributed by atoms with van der Waals surface area (Å²) in [4.78, 5) is 11.7. The van der Waals surface area contributed by atoms with E-state index in [-0.39, 0.29) is 5.78 Å². The quantitative estimate of drug-likeness (QED) is 0.623. The Hall–Kier alpha value is -2.35. The minimum atomic E-state index is 0.131. The predicted octanol–water partition coefficient (Wildman–Crippen LogP) is 5.02. The van der Waals surface area contributed by atoms with Crippen LogP contribution in [0.5, 0.6) is 0 Å². The van der Waals surface area contributed by atoms with Crippen molar-refractivity contribution in [1.82, 2.24) is 0 Å². The van der Waals surface area contributed by atoms with Crippen molar-refractivity contribution >= 4 is 11.5 Å². The Bertz CT molecular complexity index is 788. The van der Waals surface area contributed by atoms with Crippen molar-refractivity contribution in [2.45, 2.75) is 32.2 Å². The zero-order valence-corrected chi connectivity index (χ0v) is 13.5. The molecule has 1 aliphatic heterocycles. The van der Waals surface area contributed by atoms with Gasteiger partial charge in [-0.05, 0) is 55.5 Å². The van der Waals surface area contributed by atoms with Gasteiger partial charge in [0.1, 0.15) is 0 Å². The van der Waals surface area contributed by atoms with Crippen LogP contribution in [0.15, 0.2) is 54.6 Å². The third-order valence-corrected chi connectivity index (χ3v) is 5.21. The lowest BCUT2D eigenvalue weighted by molar-refractivity contribution is 0.101. The number of benzene rings is 2. The molecule has 23 heavy (non-hydrogen) atoms. The Morgan fingerprint density at radius 1 is 1.13 bits per heavy atom. The van der Waals surface area contributed by atoms with Crippen molar-refractivity contribution in [3.05, 3.63) is 76.9 Å². The summed E-state index contributed by atoms with van der Waals surface area (Å²) in [6.07, 6.45) is 5.68. The molecule has 2 aliphatic rings. The smallest absolute Gasteiger partial charge is 0.159 e. The van der Waals surface area contributed by atoms with Crippen molar-refractivity contribution in [1.29, 1.82) is 0 Å². The van der Waals surface area contributed by atoms with E-state index in [1.54, 1.807) is 6.92 Å². The van der Waals surface area contributed by atoms with E-state index in [9.17, 15) is 4.79 Å². The Labute approximate surface area is 137 Å². The number of allylic oxidation sites excluding steroid dienone is 2. The Morgan fingerprint density at radius 2 is 1.91 bits per heavy atom. The second-order valence-corrected chi connectivity index (χ2v) is 6.74. The van der Waals surface area contributed by atoms with Gasteiger partial charge in [0.2, 0.25) is 0 Å². The number of ketones is 1. The van der Waals surface area contributed by atoms with Gasteiger partial charge in [-0.15, -0.1) is 0 Å². The number of rotatable bonds is 2. The molecule has 2 heteroatoms. The second-order valence-electron chi connectivity index (χ2n) is 6.74. The summed E-state index contributed by atoms with van der Waals surface area (Å²) in [6.45, 7) is 3.76. The summed E-state index contributed by atoms with van der Waals surface area (Å²) < 4.78 is 0. The van der Waals surface area contributed by atoms with Crippen LogP contribution in [-0.2, 0) is 0 Å². The lowest BCUT2D eigenvalue weighted by Crippen LogP contribution is -2.29. The first kappa shape index (κ1) is 14.3. The number of anilines is 1. The monoisotopic (exact) mass is 303 g/mol. The minimum absolute atomic E-state index is 0.131. The summed E-state index contributed by atoms with van der Waals surface area (Å²) in [7, 11) is 0. The molecule has 0 saturated heterocycles. The SMILES string of the molecule is CC(=O)c1ccc2c(c1)[C@H]1C=CC[C@H]1[C@@H](c1ccc(C)cc1)N2. The number of Topliss-reactive ketones (excluding diaryl/α,β-unsaturated/α-hetero) is 1. The number of hydrogen-bond donors (Lipinski definition) is 1. The molecule has 0 spiro atoms. The zero-order chi connectivity index (χ0) is 16.0. The molecule has 0 fully saturated rings. The minimum Gasteiger partial charge on any atom is -0.378 e. The molecule has 116 valence electrons. The third-order valence-electron chi connectivity index (χ3n) is 5.21. The molecule has 0 amide bonds. The van der Waals surface area contributed by atoms with E-state index in [1.165, 1.54) is 16.7 Å². The number of aryl methyl sites for hydroxylation is 1. The van der Waals surface area contributed by atoms with Gasteiger partial charge in [-0.3, -0.25) is 4.79 Å². The van der Waals surface area contributed by atoms with Gasteiger partial charge in [-0.2, -0.15) is 0 Å². The normalized spacial score (nSPS) is 24.7. The van der Waals surface area contributed by atoms with E-state index in [4.69, 9.17) is 0 Å². The molecule has 0 unspecified atom stereocenters. The van der Waals surface area contributed by atoms with E-state index in [0.29, 0.717) is 17.9 Å². The fourth-order valence-electron chi connectivity index (χ4n) is 3.92. The van der Waals surface area contributed by atoms with Crippen molar-refractivity contribution in [3.63, 3.8) is 0 Å². The molecule has 2 aromatic carbocycles. The van der Waals surface area contributed by atoms with Gasteiger partial charge in [0, 0.05) is 17.2 Å². The van der Waals surface area contributed by atoms with Crippen LogP contribution in [0.3, 0.4) is 0 Å². The molecule has 2 aromatic rings. The van der Waals surface area contributed by atoms with Crippen LogP contribution >= 0.6 is 0 Å².